The fraction of sp³-hybridized carbons (Fsp3) is 0.231. The summed E-state index contributed by atoms with van der Waals surface area (Å²) in [6.45, 7) is 2.12. The quantitative estimate of drug-likeness (QED) is 0.681. The fourth-order valence-electron chi connectivity index (χ4n) is 1.90. The SMILES string of the molecule is CO/C=C/c1c(C)n(C)c2ccccc12. The number of hydrogen-bond donors (Lipinski definition) is 0. The summed E-state index contributed by atoms with van der Waals surface area (Å²) >= 11 is 0. The summed E-state index contributed by atoms with van der Waals surface area (Å²) in [6.07, 6.45) is 3.73. The van der Waals surface area contributed by atoms with Crippen LogP contribution in [0.1, 0.15) is 11.3 Å². The Hall–Kier alpha value is -1.70. The standard InChI is InChI=1S/C13H15NO/c1-10-11(8-9-15-3)12-6-4-5-7-13(12)14(10)2/h4-9H,1-3H3/b9-8+. The van der Waals surface area contributed by atoms with Crippen LogP contribution in [0.3, 0.4) is 0 Å². The van der Waals surface area contributed by atoms with Crippen molar-refractivity contribution in [3.8, 4) is 0 Å². The number of methoxy groups -OCH3 is 1. The van der Waals surface area contributed by atoms with Gasteiger partial charge in [-0.1, -0.05) is 18.2 Å². The van der Waals surface area contributed by atoms with Gasteiger partial charge in [-0.2, -0.15) is 0 Å². The zero-order valence-corrected chi connectivity index (χ0v) is 9.32. The Balaban J connectivity index is 2.72. The first-order valence-corrected chi connectivity index (χ1v) is 4.99. The average Bonchev–Trinajstić information content (AvgIpc) is 2.51. The third-order valence-electron chi connectivity index (χ3n) is 2.82. The normalized spacial score (nSPS) is 11.4. The summed E-state index contributed by atoms with van der Waals surface area (Å²) in [6, 6.07) is 8.39. The van der Waals surface area contributed by atoms with E-state index in [1.165, 1.54) is 22.2 Å². The Morgan fingerprint density at radius 2 is 2.00 bits per heavy atom. The smallest absolute Gasteiger partial charge is 0.0831 e. The molecule has 1 aromatic carbocycles. The van der Waals surface area contributed by atoms with Crippen LogP contribution in [0.25, 0.3) is 17.0 Å². The second-order valence-corrected chi connectivity index (χ2v) is 3.61. The summed E-state index contributed by atoms with van der Waals surface area (Å²) in [4.78, 5) is 0. The Labute approximate surface area is 89.8 Å². The minimum atomic E-state index is 1.23. The molecule has 0 radical (unpaired) electrons. The number of aryl methyl sites for hydroxylation is 1. The molecule has 0 atom stereocenters. The summed E-state index contributed by atoms with van der Waals surface area (Å²) in [7, 11) is 3.75. The first kappa shape index (κ1) is 9.84. The van der Waals surface area contributed by atoms with Crippen LogP contribution in [-0.4, -0.2) is 11.7 Å². The highest BCUT2D eigenvalue weighted by Crippen LogP contribution is 2.25. The van der Waals surface area contributed by atoms with Crippen LogP contribution in [0.15, 0.2) is 30.5 Å². The van der Waals surface area contributed by atoms with Gasteiger partial charge in [-0.15, -0.1) is 0 Å². The molecule has 2 heteroatoms. The summed E-state index contributed by atoms with van der Waals surface area (Å²) in [5, 5.41) is 1.27. The zero-order valence-electron chi connectivity index (χ0n) is 9.32. The molecule has 0 saturated carbocycles. The minimum absolute atomic E-state index is 1.23. The van der Waals surface area contributed by atoms with Gasteiger partial charge in [-0.3, -0.25) is 0 Å². The van der Waals surface area contributed by atoms with Gasteiger partial charge in [0, 0.05) is 29.2 Å². The highest BCUT2D eigenvalue weighted by molar-refractivity contribution is 5.91. The van der Waals surface area contributed by atoms with Crippen molar-refractivity contribution >= 4 is 17.0 Å². The molecule has 78 valence electrons. The van der Waals surface area contributed by atoms with Gasteiger partial charge in [0.05, 0.1) is 13.4 Å². The van der Waals surface area contributed by atoms with Crippen molar-refractivity contribution in [1.29, 1.82) is 0 Å². The maximum atomic E-state index is 4.97. The third kappa shape index (κ3) is 1.52. The third-order valence-corrected chi connectivity index (χ3v) is 2.82. The highest BCUT2D eigenvalue weighted by atomic mass is 16.5. The maximum Gasteiger partial charge on any atom is 0.0831 e. The molecule has 0 unspecified atom stereocenters. The predicted octanol–water partition coefficient (Wildman–Crippen LogP) is 3.10. The van der Waals surface area contributed by atoms with Crippen molar-refractivity contribution < 1.29 is 4.74 Å². The average molecular weight is 201 g/mol. The van der Waals surface area contributed by atoms with Gasteiger partial charge in [-0.05, 0) is 19.1 Å². The summed E-state index contributed by atoms with van der Waals surface area (Å²) in [5.74, 6) is 0. The van der Waals surface area contributed by atoms with Crippen LogP contribution in [-0.2, 0) is 11.8 Å². The lowest BCUT2D eigenvalue weighted by atomic mass is 10.1. The molecule has 1 aromatic heterocycles. The number of aromatic nitrogens is 1. The van der Waals surface area contributed by atoms with E-state index in [4.69, 9.17) is 4.74 Å². The van der Waals surface area contributed by atoms with E-state index < -0.39 is 0 Å². The number of rotatable bonds is 2. The molecular formula is C13H15NO. The summed E-state index contributed by atoms with van der Waals surface area (Å²) < 4.78 is 7.17. The highest BCUT2D eigenvalue weighted by Gasteiger charge is 2.07. The maximum absolute atomic E-state index is 4.97. The fourth-order valence-corrected chi connectivity index (χ4v) is 1.90. The van der Waals surface area contributed by atoms with E-state index in [9.17, 15) is 0 Å². The number of hydrogen-bond acceptors (Lipinski definition) is 1. The van der Waals surface area contributed by atoms with E-state index in [0.29, 0.717) is 0 Å². The van der Waals surface area contributed by atoms with Crippen molar-refractivity contribution in [3.05, 3.63) is 41.8 Å². The Bertz CT molecular complexity index is 508. The molecule has 0 saturated heterocycles. The monoisotopic (exact) mass is 201 g/mol. The molecule has 0 amide bonds. The van der Waals surface area contributed by atoms with Crippen LogP contribution in [0.5, 0.6) is 0 Å². The van der Waals surface area contributed by atoms with Gasteiger partial charge in [0.25, 0.3) is 0 Å². The summed E-state index contributed by atoms with van der Waals surface area (Å²) in [5.41, 5.74) is 3.74. The van der Waals surface area contributed by atoms with Crippen molar-refractivity contribution in [2.24, 2.45) is 7.05 Å². The second kappa shape index (κ2) is 3.81. The Kier molecular flexibility index (Phi) is 2.50. The minimum Gasteiger partial charge on any atom is -0.504 e. The molecule has 0 aliphatic carbocycles. The van der Waals surface area contributed by atoms with Crippen molar-refractivity contribution in [2.75, 3.05) is 7.11 Å². The van der Waals surface area contributed by atoms with E-state index in [0.717, 1.165) is 0 Å². The Morgan fingerprint density at radius 3 is 2.73 bits per heavy atom. The topological polar surface area (TPSA) is 14.2 Å². The first-order chi connectivity index (χ1) is 7.25. The van der Waals surface area contributed by atoms with Crippen LogP contribution < -0.4 is 0 Å². The van der Waals surface area contributed by atoms with Crippen LogP contribution in [0.2, 0.25) is 0 Å². The van der Waals surface area contributed by atoms with Crippen LogP contribution >= 0.6 is 0 Å². The number of para-hydroxylation sites is 1. The molecule has 2 rings (SSSR count). The second-order valence-electron chi connectivity index (χ2n) is 3.61. The number of benzene rings is 1. The molecule has 2 aromatic rings. The molecule has 0 fully saturated rings. The molecule has 0 N–H and O–H groups in total. The molecular weight excluding hydrogens is 186 g/mol. The molecule has 1 heterocycles. The van der Waals surface area contributed by atoms with Gasteiger partial charge in [0.1, 0.15) is 0 Å². The predicted molar refractivity (Wildman–Crippen MR) is 63.7 cm³/mol. The van der Waals surface area contributed by atoms with E-state index in [2.05, 4.69) is 42.8 Å². The largest absolute Gasteiger partial charge is 0.504 e. The van der Waals surface area contributed by atoms with E-state index in [1.807, 2.05) is 6.08 Å². The van der Waals surface area contributed by atoms with Gasteiger partial charge in [0.2, 0.25) is 0 Å². The number of fused-ring (bicyclic) bond motifs is 1. The van der Waals surface area contributed by atoms with E-state index in [-0.39, 0.29) is 0 Å². The van der Waals surface area contributed by atoms with Gasteiger partial charge < -0.3 is 9.30 Å². The molecule has 0 bridgehead atoms. The lowest BCUT2D eigenvalue weighted by Gasteiger charge is -1.97. The van der Waals surface area contributed by atoms with Gasteiger partial charge >= 0.3 is 0 Å². The Morgan fingerprint density at radius 1 is 1.27 bits per heavy atom. The lowest BCUT2D eigenvalue weighted by molar-refractivity contribution is 0.341. The van der Waals surface area contributed by atoms with Gasteiger partial charge in [0.15, 0.2) is 0 Å². The molecule has 2 nitrogen and oxygen atoms in total. The molecule has 0 aliphatic heterocycles. The first-order valence-electron chi connectivity index (χ1n) is 4.99. The molecule has 15 heavy (non-hydrogen) atoms. The molecule has 0 spiro atoms. The van der Waals surface area contributed by atoms with Crippen molar-refractivity contribution in [3.63, 3.8) is 0 Å². The van der Waals surface area contributed by atoms with Gasteiger partial charge in [-0.25, -0.2) is 0 Å². The number of nitrogens with zero attached hydrogens (tertiary/aromatic N) is 1. The van der Waals surface area contributed by atoms with E-state index >= 15 is 0 Å². The lowest BCUT2D eigenvalue weighted by Crippen LogP contribution is -1.89. The number of ether oxygens (including phenoxy) is 1. The van der Waals surface area contributed by atoms with Crippen molar-refractivity contribution in [2.45, 2.75) is 6.92 Å². The zero-order chi connectivity index (χ0) is 10.8. The van der Waals surface area contributed by atoms with E-state index in [1.54, 1.807) is 13.4 Å². The van der Waals surface area contributed by atoms with Crippen molar-refractivity contribution in [1.82, 2.24) is 4.57 Å². The molecule has 0 aliphatic rings. The van der Waals surface area contributed by atoms with Crippen LogP contribution in [0, 0.1) is 6.92 Å². The van der Waals surface area contributed by atoms with Crippen LogP contribution in [0.4, 0.5) is 0 Å².